The van der Waals surface area contributed by atoms with E-state index in [0.29, 0.717) is 12.8 Å². The number of hydrogen-bond acceptors (Lipinski definition) is 3. The Bertz CT molecular complexity index is 463. The zero-order chi connectivity index (χ0) is 25.8. The molecule has 0 aliphatic heterocycles. The van der Waals surface area contributed by atoms with E-state index in [9.17, 15) is 9.59 Å². The number of carboxylic acids is 1. The third-order valence-electron chi connectivity index (χ3n) is 7.08. The van der Waals surface area contributed by atoms with Crippen molar-refractivity contribution < 1.29 is 19.4 Å². The summed E-state index contributed by atoms with van der Waals surface area (Å²) in [5, 5.41) is 8.64. The van der Waals surface area contributed by atoms with Gasteiger partial charge in [-0.15, -0.1) is 0 Å². The average molecular weight is 497 g/mol. The first-order valence-electron chi connectivity index (χ1n) is 15.5. The van der Waals surface area contributed by atoms with Gasteiger partial charge in [0, 0.05) is 12.8 Å². The van der Waals surface area contributed by atoms with Crippen LogP contribution in [0.1, 0.15) is 181 Å². The smallest absolute Gasteiger partial charge is 0.306 e. The lowest BCUT2D eigenvalue weighted by Crippen LogP contribution is -2.18. The number of unbranched alkanes of at least 4 members (excludes halogenated alkanes) is 19. The maximum atomic E-state index is 12.3. The van der Waals surface area contributed by atoms with Crippen molar-refractivity contribution in [1.82, 2.24) is 0 Å². The maximum absolute atomic E-state index is 12.3. The van der Waals surface area contributed by atoms with Gasteiger partial charge in [0.15, 0.2) is 0 Å². The van der Waals surface area contributed by atoms with Crippen molar-refractivity contribution in [2.24, 2.45) is 0 Å². The van der Waals surface area contributed by atoms with Gasteiger partial charge in [-0.3, -0.25) is 9.59 Å². The highest BCUT2D eigenvalue weighted by Gasteiger charge is 2.13. The molecule has 0 aromatic rings. The first kappa shape index (κ1) is 33.9. The zero-order valence-electron chi connectivity index (χ0n) is 23.6. The van der Waals surface area contributed by atoms with Gasteiger partial charge >= 0.3 is 11.9 Å². The molecule has 0 aliphatic carbocycles. The maximum Gasteiger partial charge on any atom is 0.306 e. The van der Waals surface area contributed by atoms with Crippen LogP contribution in [0.25, 0.3) is 0 Å². The van der Waals surface area contributed by atoms with Crippen LogP contribution in [-0.4, -0.2) is 23.1 Å². The van der Waals surface area contributed by atoms with Crippen LogP contribution in [0.5, 0.6) is 0 Å². The highest BCUT2D eigenvalue weighted by Crippen LogP contribution is 2.18. The Morgan fingerprint density at radius 3 is 1.34 bits per heavy atom. The van der Waals surface area contributed by atoms with Gasteiger partial charge in [-0.05, 0) is 32.1 Å². The molecule has 0 fully saturated rings. The number of ether oxygens (including phenoxy) is 1. The standard InChI is InChI=1S/C31H60O4/c1-3-5-7-8-9-10-15-18-21-24-28-31(34)35-29(25-6-4-2)26-22-19-16-13-11-12-14-17-20-23-27-30(32)33/h29H,3-28H2,1-2H3,(H,32,33). The quantitative estimate of drug-likeness (QED) is 0.0864. The first-order valence-corrected chi connectivity index (χ1v) is 15.5. The van der Waals surface area contributed by atoms with Crippen molar-refractivity contribution in [3.63, 3.8) is 0 Å². The second-order valence-electron chi connectivity index (χ2n) is 10.7. The fourth-order valence-electron chi connectivity index (χ4n) is 4.76. The van der Waals surface area contributed by atoms with E-state index < -0.39 is 5.97 Å². The Labute approximate surface area is 218 Å². The van der Waals surface area contributed by atoms with Crippen LogP contribution in [0.3, 0.4) is 0 Å². The molecule has 0 saturated carbocycles. The summed E-state index contributed by atoms with van der Waals surface area (Å²) in [6.07, 6.45) is 30.0. The number of carbonyl (C=O) groups is 2. The predicted molar refractivity (Wildman–Crippen MR) is 149 cm³/mol. The van der Waals surface area contributed by atoms with E-state index in [1.54, 1.807) is 0 Å². The second kappa shape index (κ2) is 27.5. The first-order chi connectivity index (χ1) is 17.1. The summed E-state index contributed by atoms with van der Waals surface area (Å²) in [5.41, 5.74) is 0. The van der Waals surface area contributed by atoms with Crippen molar-refractivity contribution in [3.05, 3.63) is 0 Å². The molecule has 0 bridgehead atoms. The third kappa shape index (κ3) is 27.4. The SMILES string of the molecule is CCCCCCCCCCCCC(=O)OC(CCCC)CCCCCCCCCCCCC(=O)O. The Hall–Kier alpha value is -1.06. The van der Waals surface area contributed by atoms with Crippen LogP contribution in [-0.2, 0) is 14.3 Å². The van der Waals surface area contributed by atoms with Crippen LogP contribution in [0, 0.1) is 0 Å². The van der Waals surface area contributed by atoms with Crippen molar-refractivity contribution in [2.45, 2.75) is 187 Å². The molecule has 0 aliphatic rings. The topological polar surface area (TPSA) is 63.6 Å². The van der Waals surface area contributed by atoms with Gasteiger partial charge in [0.05, 0.1) is 0 Å². The number of rotatable bonds is 28. The normalized spacial score (nSPS) is 12.1. The number of aliphatic carboxylic acids is 1. The van der Waals surface area contributed by atoms with Crippen LogP contribution < -0.4 is 0 Å². The van der Waals surface area contributed by atoms with E-state index in [4.69, 9.17) is 9.84 Å². The Morgan fingerprint density at radius 1 is 0.514 bits per heavy atom. The zero-order valence-corrected chi connectivity index (χ0v) is 23.6. The molecular weight excluding hydrogens is 436 g/mol. The van der Waals surface area contributed by atoms with E-state index in [0.717, 1.165) is 64.2 Å². The molecule has 1 N–H and O–H groups in total. The van der Waals surface area contributed by atoms with Crippen molar-refractivity contribution in [1.29, 1.82) is 0 Å². The van der Waals surface area contributed by atoms with E-state index in [-0.39, 0.29) is 12.1 Å². The number of esters is 1. The lowest BCUT2D eigenvalue weighted by Gasteiger charge is -2.18. The van der Waals surface area contributed by atoms with Crippen LogP contribution in [0.2, 0.25) is 0 Å². The molecule has 1 unspecified atom stereocenters. The Morgan fingerprint density at radius 2 is 0.886 bits per heavy atom. The largest absolute Gasteiger partial charge is 0.481 e. The molecule has 208 valence electrons. The molecule has 0 heterocycles. The summed E-state index contributed by atoms with van der Waals surface area (Å²) in [6.45, 7) is 4.47. The lowest BCUT2D eigenvalue weighted by atomic mass is 10.0. The van der Waals surface area contributed by atoms with Gasteiger partial charge < -0.3 is 9.84 Å². The molecular formula is C31H60O4. The molecule has 0 rings (SSSR count). The van der Waals surface area contributed by atoms with Gasteiger partial charge in [-0.25, -0.2) is 0 Å². The fourth-order valence-corrected chi connectivity index (χ4v) is 4.76. The molecule has 4 heteroatoms. The predicted octanol–water partition coefficient (Wildman–Crippen LogP) is 10.2. The van der Waals surface area contributed by atoms with Gasteiger partial charge in [0.1, 0.15) is 6.10 Å². The summed E-state index contributed by atoms with van der Waals surface area (Å²) < 4.78 is 5.87. The minimum atomic E-state index is -0.675. The van der Waals surface area contributed by atoms with E-state index in [1.807, 2.05) is 0 Å². The molecule has 35 heavy (non-hydrogen) atoms. The number of carbonyl (C=O) groups excluding carboxylic acids is 1. The van der Waals surface area contributed by atoms with Gasteiger partial charge in [0.2, 0.25) is 0 Å². The van der Waals surface area contributed by atoms with Gasteiger partial charge in [-0.2, -0.15) is 0 Å². The van der Waals surface area contributed by atoms with E-state index >= 15 is 0 Å². The van der Waals surface area contributed by atoms with E-state index in [1.165, 1.54) is 89.9 Å². The Kier molecular flexibility index (Phi) is 26.7. The molecule has 4 nitrogen and oxygen atoms in total. The molecule has 1 atom stereocenters. The molecule has 0 aromatic heterocycles. The molecule has 0 spiro atoms. The molecule has 0 amide bonds. The summed E-state index contributed by atoms with van der Waals surface area (Å²) >= 11 is 0. The highest BCUT2D eigenvalue weighted by molar-refractivity contribution is 5.69. The minimum absolute atomic E-state index is 0.0222. The second-order valence-corrected chi connectivity index (χ2v) is 10.7. The molecule has 0 saturated heterocycles. The molecule has 0 aromatic carbocycles. The lowest BCUT2D eigenvalue weighted by molar-refractivity contribution is -0.150. The summed E-state index contributed by atoms with van der Waals surface area (Å²) in [7, 11) is 0. The minimum Gasteiger partial charge on any atom is -0.481 e. The highest BCUT2D eigenvalue weighted by atomic mass is 16.5. The summed E-state index contributed by atoms with van der Waals surface area (Å²) in [6, 6.07) is 0. The monoisotopic (exact) mass is 496 g/mol. The fraction of sp³-hybridized carbons (Fsp3) is 0.935. The van der Waals surface area contributed by atoms with Crippen molar-refractivity contribution in [3.8, 4) is 0 Å². The van der Waals surface area contributed by atoms with Gasteiger partial charge in [-0.1, -0.05) is 136 Å². The average Bonchev–Trinajstić information content (AvgIpc) is 2.83. The van der Waals surface area contributed by atoms with Crippen LogP contribution in [0.4, 0.5) is 0 Å². The number of carboxylic acid groups (broad SMARTS) is 1. The van der Waals surface area contributed by atoms with Crippen LogP contribution in [0.15, 0.2) is 0 Å². The third-order valence-corrected chi connectivity index (χ3v) is 7.08. The number of hydrogen-bond donors (Lipinski definition) is 1. The summed E-state index contributed by atoms with van der Waals surface area (Å²) in [4.78, 5) is 22.8. The van der Waals surface area contributed by atoms with Gasteiger partial charge in [0.25, 0.3) is 0 Å². The van der Waals surface area contributed by atoms with Crippen LogP contribution >= 0.6 is 0 Å². The molecule has 0 radical (unpaired) electrons. The Balaban J connectivity index is 3.67. The van der Waals surface area contributed by atoms with Crippen molar-refractivity contribution >= 4 is 11.9 Å². The van der Waals surface area contributed by atoms with Crippen molar-refractivity contribution in [2.75, 3.05) is 0 Å². The van der Waals surface area contributed by atoms with E-state index in [2.05, 4.69) is 13.8 Å². The summed E-state index contributed by atoms with van der Waals surface area (Å²) in [5.74, 6) is -0.653.